The monoisotopic (exact) mass is 307 g/mol. The maximum atomic E-state index is 12.3. The lowest BCUT2D eigenvalue weighted by atomic mass is 10.2. The first-order valence-corrected chi connectivity index (χ1v) is 7.88. The number of nitrogens with zero attached hydrogens (tertiary/aromatic N) is 3. The van der Waals surface area contributed by atoms with Crippen LogP contribution in [0.1, 0.15) is 26.0 Å². The summed E-state index contributed by atoms with van der Waals surface area (Å²) in [5.41, 5.74) is 0. The van der Waals surface area contributed by atoms with Crippen LogP contribution in [0.2, 0.25) is 0 Å². The van der Waals surface area contributed by atoms with Gasteiger partial charge in [-0.05, 0) is 18.7 Å². The molecule has 0 saturated carbocycles. The van der Waals surface area contributed by atoms with E-state index in [0.29, 0.717) is 19.5 Å². The van der Waals surface area contributed by atoms with Gasteiger partial charge in [0.25, 0.3) is 0 Å². The first-order valence-electron chi connectivity index (χ1n) is 7.88. The second-order valence-electron chi connectivity index (χ2n) is 5.58. The van der Waals surface area contributed by atoms with E-state index in [1.807, 2.05) is 11.0 Å². The molecule has 1 aliphatic rings. The van der Waals surface area contributed by atoms with Gasteiger partial charge in [0.2, 0.25) is 11.8 Å². The van der Waals surface area contributed by atoms with Crippen LogP contribution in [-0.2, 0) is 16.1 Å². The summed E-state index contributed by atoms with van der Waals surface area (Å²) >= 11 is 0. The van der Waals surface area contributed by atoms with E-state index in [9.17, 15) is 9.59 Å². The van der Waals surface area contributed by atoms with E-state index in [0.717, 1.165) is 38.5 Å². The number of rotatable bonds is 6. The van der Waals surface area contributed by atoms with Crippen LogP contribution in [0.4, 0.5) is 0 Å². The third kappa shape index (κ3) is 4.59. The molecule has 1 aromatic rings. The molecule has 122 valence electrons. The van der Waals surface area contributed by atoms with Crippen molar-refractivity contribution in [3.8, 4) is 0 Å². The third-order valence-electron chi connectivity index (χ3n) is 4.14. The SMILES string of the molecule is CCN1CCN(C(=O)CCN(Cc2ccco2)C(C)=O)CC1. The highest BCUT2D eigenvalue weighted by molar-refractivity contribution is 5.78. The molecule has 0 unspecified atom stereocenters. The van der Waals surface area contributed by atoms with Crippen LogP contribution in [-0.4, -0.2) is 65.8 Å². The van der Waals surface area contributed by atoms with Gasteiger partial charge in [0.05, 0.1) is 12.8 Å². The Morgan fingerprint density at radius 1 is 1.27 bits per heavy atom. The average Bonchev–Trinajstić information content (AvgIpc) is 3.04. The van der Waals surface area contributed by atoms with Crippen LogP contribution in [0.5, 0.6) is 0 Å². The summed E-state index contributed by atoms with van der Waals surface area (Å²) < 4.78 is 5.27. The maximum Gasteiger partial charge on any atom is 0.224 e. The van der Waals surface area contributed by atoms with Gasteiger partial charge < -0.3 is 19.1 Å². The molecule has 1 fully saturated rings. The molecule has 1 aromatic heterocycles. The Bertz CT molecular complexity index is 479. The molecule has 0 radical (unpaired) electrons. The van der Waals surface area contributed by atoms with Crippen molar-refractivity contribution in [2.24, 2.45) is 0 Å². The molecule has 0 N–H and O–H groups in total. The Kier molecular flexibility index (Phi) is 6.00. The molecular formula is C16H25N3O3. The minimum Gasteiger partial charge on any atom is -0.467 e. The molecule has 6 heteroatoms. The van der Waals surface area contributed by atoms with Crippen LogP contribution in [0.25, 0.3) is 0 Å². The zero-order chi connectivity index (χ0) is 15.9. The van der Waals surface area contributed by atoms with E-state index in [2.05, 4.69) is 11.8 Å². The zero-order valence-corrected chi connectivity index (χ0v) is 13.5. The van der Waals surface area contributed by atoms with Gasteiger partial charge in [0.15, 0.2) is 0 Å². The van der Waals surface area contributed by atoms with Crippen LogP contribution < -0.4 is 0 Å². The number of amides is 2. The highest BCUT2D eigenvalue weighted by Crippen LogP contribution is 2.08. The maximum absolute atomic E-state index is 12.3. The summed E-state index contributed by atoms with van der Waals surface area (Å²) in [4.78, 5) is 29.8. The fraction of sp³-hybridized carbons (Fsp3) is 0.625. The average molecular weight is 307 g/mol. The predicted molar refractivity (Wildman–Crippen MR) is 83.1 cm³/mol. The van der Waals surface area contributed by atoms with Crippen molar-refractivity contribution in [1.29, 1.82) is 0 Å². The molecule has 22 heavy (non-hydrogen) atoms. The molecular weight excluding hydrogens is 282 g/mol. The molecule has 2 amide bonds. The number of likely N-dealkylation sites (N-methyl/N-ethyl adjacent to an activating group) is 1. The van der Waals surface area contributed by atoms with Gasteiger partial charge in [0.1, 0.15) is 5.76 Å². The van der Waals surface area contributed by atoms with Crippen molar-refractivity contribution in [2.45, 2.75) is 26.8 Å². The largest absolute Gasteiger partial charge is 0.467 e. The van der Waals surface area contributed by atoms with Crippen molar-refractivity contribution >= 4 is 11.8 Å². The number of piperazine rings is 1. The molecule has 0 atom stereocenters. The molecule has 1 saturated heterocycles. The lowest BCUT2D eigenvalue weighted by molar-refractivity contribution is -0.135. The van der Waals surface area contributed by atoms with E-state index >= 15 is 0 Å². The Morgan fingerprint density at radius 2 is 2.00 bits per heavy atom. The summed E-state index contributed by atoms with van der Waals surface area (Å²) in [5.74, 6) is 0.820. The summed E-state index contributed by atoms with van der Waals surface area (Å²) in [7, 11) is 0. The van der Waals surface area contributed by atoms with Crippen LogP contribution in [0.3, 0.4) is 0 Å². The van der Waals surface area contributed by atoms with E-state index < -0.39 is 0 Å². The van der Waals surface area contributed by atoms with Gasteiger partial charge in [-0.2, -0.15) is 0 Å². The first kappa shape index (κ1) is 16.5. The van der Waals surface area contributed by atoms with Crippen molar-refractivity contribution in [1.82, 2.24) is 14.7 Å². The van der Waals surface area contributed by atoms with Gasteiger partial charge in [-0.3, -0.25) is 9.59 Å². The van der Waals surface area contributed by atoms with Crippen LogP contribution in [0, 0.1) is 0 Å². The number of carbonyl (C=O) groups is 2. The van der Waals surface area contributed by atoms with Gasteiger partial charge in [0, 0.05) is 46.1 Å². The summed E-state index contributed by atoms with van der Waals surface area (Å²) in [6.45, 7) is 8.97. The lowest BCUT2D eigenvalue weighted by Crippen LogP contribution is -2.49. The predicted octanol–water partition coefficient (Wildman–Crippen LogP) is 1.18. The van der Waals surface area contributed by atoms with Gasteiger partial charge in [-0.1, -0.05) is 6.92 Å². The second-order valence-corrected chi connectivity index (χ2v) is 5.58. The first-order chi connectivity index (χ1) is 10.6. The topological polar surface area (TPSA) is 57.0 Å². The normalized spacial score (nSPS) is 15.8. The van der Waals surface area contributed by atoms with E-state index in [-0.39, 0.29) is 11.8 Å². The van der Waals surface area contributed by atoms with Crippen molar-refractivity contribution in [2.75, 3.05) is 39.3 Å². The number of furan rings is 1. The third-order valence-corrected chi connectivity index (χ3v) is 4.14. The van der Waals surface area contributed by atoms with Crippen molar-refractivity contribution in [3.63, 3.8) is 0 Å². The number of hydrogen-bond acceptors (Lipinski definition) is 4. The molecule has 6 nitrogen and oxygen atoms in total. The lowest BCUT2D eigenvalue weighted by Gasteiger charge is -2.34. The molecule has 2 heterocycles. The van der Waals surface area contributed by atoms with E-state index in [1.165, 1.54) is 6.92 Å². The molecule has 1 aliphatic heterocycles. The smallest absolute Gasteiger partial charge is 0.224 e. The standard InChI is InChI=1S/C16H25N3O3/c1-3-17-8-10-18(11-9-17)16(21)6-7-19(14(2)20)13-15-5-4-12-22-15/h4-5,12H,3,6-11,13H2,1-2H3. The van der Waals surface area contributed by atoms with Crippen LogP contribution >= 0.6 is 0 Å². The Labute approximate surface area is 131 Å². The minimum atomic E-state index is -0.0417. The van der Waals surface area contributed by atoms with Crippen molar-refractivity contribution < 1.29 is 14.0 Å². The molecule has 0 bridgehead atoms. The minimum absolute atomic E-state index is 0.0417. The number of carbonyl (C=O) groups excluding carboxylic acids is 2. The summed E-state index contributed by atoms with van der Waals surface area (Å²) in [6.07, 6.45) is 1.96. The van der Waals surface area contributed by atoms with Crippen LogP contribution in [0.15, 0.2) is 22.8 Å². The Balaban J connectivity index is 1.79. The summed E-state index contributed by atoms with van der Waals surface area (Å²) in [5, 5.41) is 0. The summed E-state index contributed by atoms with van der Waals surface area (Å²) in [6, 6.07) is 3.63. The highest BCUT2D eigenvalue weighted by Gasteiger charge is 2.21. The Morgan fingerprint density at radius 3 is 2.55 bits per heavy atom. The van der Waals surface area contributed by atoms with Gasteiger partial charge in [-0.25, -0.2) is 0 Å². The fourth-order valence-corrected chi connectivity index (χ4v) is 2.64. The molecule has 2 rings (SSSR count). The van der Waals surface area contributed by atoms with Gasteiger partial charge in [-0.15, -0.1) is 0 Å². The quantitative estimate of drug-likeness (QED) is 0.792. The van der Waals surface area contributed by atoms with E-state index in [4.69, 9.17) is 4.42 Å². The van der Waals surface area contributed by atoms with E-state index in [1.54, 1.807) is 17.2 Å². The Hall–Kier alpha value is -1.82. The number of hydrogen-bond donors (Lipinski definition) is 0. The van der Waals surface area contributed by atoms with Gasteiger partial charge >= 0.3 is 0 Å². The zero-order valence-electron chi connectivity index (χ0n) is 13.5. The van der Waals surface area contributed by atoms with Crippen molar-refractivity contribution in [3.05, 3.63) is 24.2 Å². The molecule has 0 aromatic carbocycles. The fourth-order valence-electron chi connectivity index (χ4n) is 2.64. The molecule has 0 aliphatic carbocycles. The highest BCUT2D eigenvalue weighted by atomic mass is 16.3. The second kappa shape index (κ2) is 7.98. The molecule has 0 spiro atoms.